The van der Waals surface area contributed by atoms with Gasteiger partial charge in [0.2, 0.25) is 5.91 Å². The third-order valence-electron chi connectivity index (χ3n) is 3.14. The number of carbonyl (C=O) groups is 3. The highest BCUT2D eigenvalue weighted by atomic mass is 35.5. The van der Waals surface area contributed by atoms with Crippen LogP contribution in [0.3, 0.4) is 0 Å². The quantitative estimate of drug-likeness (QED) is 0.767. The molecule has 0 aliphatic heterocycles. The number of benzene rings is 1. The van der Waals surface area contributed by atoms with E-state index in [1.165, 1.54) is 17.9 Å². The Hall–Kier alpha value is -1.79. The summed E-state index contributed by atoms with van der Waals surface area (Å²) in [6, 6.07) is 3.72. The van der Waals surface area contributed by atoms with Crippen LogP contribution < -0.4 is 5.32 Å². The molecule has 0 saturated heterocycles. The van der Waals surface area contributed by atoms with Gasteiger partial charge in [-0.2, -0.15) is 0 Å². The molecule has 0 heterocycles. The van der Waals surface area contributed by atoms with Crippen molar-refractivity contribution in [1.82, 2.24) is 10.2 Å². The number of rotatable bonds is 7. The molecule has 2 amide bonds. The van der Waals surface area contributed by atoms with Crippen LogP contribution >= 0.6 is 23.2 Å². The van der Waals surface area contributed by atoms with Crippen LogP contribution in [0.2, 0.25) is 10.0 Å². The highest BCUT2D eigenvalue weighted by Gasteiger charge is 2.25. The van der Waals surface area contributed by atoms with Crippen molar-refractivity contribution in [2.75, 3.05) is 13.1 Å². The molecule has 0 radical (unpaired) electrons. The highest BCUT2D eigenvalue weighted by molar-refractivity contribution is 6.43. The number of carboxylic acid groups (broad SMARTS) is 1. The second-order valence-electron chi connectivity index (χ2n) is 5.80. The van der Waals surface area contributed by atoms with E-state index >= 15 is 0 Å². The van der Waals surface area contributed by atoms with Gasteiger partial charge in [-0.05, 0) is 25.0 Å². The fourth-order valence-electron chi connectivity index (χ4n) is 2.13. The molecule has 1 atom stereocenters. The summed E-state index contributed by atoms with van der Waals surface area (Å²) in [6.45, 7) is 5.10. The van der Waals surface area contributed by atoms with E-state index in [0.717, 1.165) is 0 Å². The lowest BCUT2D eigenvalue weighted by molar-refractivity contribution is -0.145. The Balaban J connectivity index is 2.85. The SMILES string of the molecule is CC(C)CN(CC(=O)O)C(=O)C(C)NC(=O)c1cccc(Cl)c1Cl. The number of carbonyl (C=O) groups excluding carboxylic acids is 2. The Morgan fingerprint density at radius 3 is 2.38 bits per heavy atom. The highest BCUT2D eigenvalue weighted by Crippen LogP contribution is 2.25. The van der Waals surface area contributed by atoms with Crippen LogP contribution in [0.4, 0.5) is 0 Å². The Kier molecular flexibility index (Phi) is 7.51. The molecular formula is C16H20Cl2N2O4. The monoisotopic (exact) mass is 374 g/mol. The summed E-state index contributed by atoms with van der Waals surface area (Å²) in [5, 5.41) is 11.8. The van der Waals surface area contributed by atoms with E-state index in [2.05, 4.69) is 5.32 Å². The van der Waals surface area contributed by atoms with E-state index in [0.29, 0.717) is 0 Å². The fourth-order valence-corrected chi connectivity index (χ4v) is 2.51. The Labute approximate surface area is 150 Å². The van der Waals surface area contributed by atoms with Gasteiger partial charge in [0.05, 0.1) is 15.6 Å². The van der Waals surface area contributed by atoms with E-state index < -0.39 is 30.4 Å². The number of nitrogens with zero attached hydrogens (tertiary/aromatic N) is 1. The number of hydrogen-bond donors (Lipinski definition) is 2. The molecule has 0 aliphatic rings. The molecule has 0 aromatic heterocycles. The largest absolute Gasteiger partial charge is 0.480 e. The summed E-state index contributed by atoms with van der Waals surface area (Å²) in [6.07, 6.45) is 0. The molecule has 8 heteroatoms. The maximum Gasteiger partial charge on any atom is 0.323 e. The predicted octanol–water partition coefficient (Wildman–Crippen LogP) is 2.68. The maximum atomic E-state index is 12.4. The molecule has 1 rings (SSSR count). The number of hydrogen-bond acceptors (Lipinski definition) is 3. The van der Waals surface area contributed by atoms with E-state index in [9.17, 15) is 14.4 Å². The van der Waals surface area contributed by atoms with Gasteiger partial charge in [-0.25, -0.2) is 0 Å². The van der Waals surface area contributed by atoms with Gasteiger partial charge in [0.1, 0.15) is 12.6 Å². The zero-order valence-corrected chi connectivity index (χ0v) is 15.2. The molecule has 2 N–H and O–H groups in total. The van der Waals surface area contributed by atoms with Crippen molar-refractivity contribution < 1.29 is 19.5 Å². The lowest BCUT2D eigenvalue weighted by atomic mass is 10.1. The molecule has 0 aliphatic carbocycles. The van der Waals surface area contributed by atoms with Gasteiger partial charge in [0.25, 0.3) is 5.91 Å². The minimum absolute atomic E-state index is 0.0959. The number of carboxylic acids is 1. The number of aliphatic carboxylic acids is 1. The minimum Gasteiger partial charge on any atom is -0.480 e. The van der Waals surface area contributed by atoms with Crippen molar-refractivity contribution in [3.05, 3.63) is 33.8 Å². The van der Waals surface area contributed by atoms with Crippen LogP contribution in [0.25, 0.3) is 0 Å². The number of halogens is 2. The third-order valence-corrected chi connectivity index (χ3v) is 3.96. The van der Waals surface area contributed by atoms with Gasteiger partial charge < -0.3 is 15.3 Å². The van der Waals surface area contributed by atoms with Crippen molar-refractivity contribution in [1.29, 1.82) is 0 Å². The number of amides is 2. The summed E-state index contributed by atoms with van der Waals surface area (Å²) in [4.78, 5) is 36.8. The van der Waals surface area contributed by atoms with Crippen molar-refractivity contribution in [2.45, 2.75) is 26.8 Å². The first kappa shape index (κ1) is 20.3. The van der Waals surface area contributed by atoms with Crippen molar-refractivity contribution in [3.8, 4) is 0 Å². The third kappa shape index (κ3) is 5.69. The molecule has 6 nitrogen and oxygen atoms in total. The molecule has 1 aromatic rings. The van der Waals surface area contributed by atoms with Crippen molar-refractivity contribution >= 4 is 41.0 Å². The van der Waals surface area contributed by atoms with Gasteiger partial charge in [0, 0.05) is 6.54 Å². The second kappa shape index (κ2) is 8.89. The zero-order valence-electron chi connectivity index (χ0n) is 13.7. The van der Waals surface area contributed by atoms with Gasteiger partial charge in [-0.15, -0.1) is 0 Å². The lowest BCUT2D eigenvalue weighted by Gasteiger charge is -2.26. The molecule has 0 bridgehead atoms. The molecule has 0 fully saturated rings. The first-order valence-electron chi connectivity index (χ1n) is 7.39. The summed E-state index contributed by atoms with van der Waals surface area (Å²) < 4.78 is 0. The van der Waals surface area contributed by atoms with Crippen LogP contribution in [-0.2, 0) is 9.59 Å². The van der Waals surface area contributed by atoms with Gasteiger partial charge in [0.15, 0.2) is 0 Å². The summed E-state index contributed by atoms with van der Waals surface area (Å²) in [5.41, 5.74) is 0.150. The smallest absolute Gasteiger partial charge is 0.323 e. The molecular weight excluding hydrogens is 355 g/mol. The summed E-state index contributed by atoms with van der Waals surface area (Å²) in [5.74, 6) is -2.04. The van der Waals surface area contributed by atoms with E-state index in [1.807, 2.05) is 13.8 Å². The van der Waals surface area contributed by atoms with Crippen LogP contribution in [0, 0.1) is 5.92 Å². The molecule has 0 saturated carbocycles. The van der Waals surface area contributed by atoms with E-state index in [1.54, 1.807) is 12.1 Å². The van der Waals surface area contributed by atoms with Gasteiger partial charge in [-0.3, -0.25) is 14.4 Å². The average Bonchev–Trinajstić information content (AvgIpc) is 2.47. The Bertz CT molecular complexity index is 635. The Morgan fingerprint density at radius 1 is 1.21 bits per heavy atom. The van der Waals surface area contributed by atoms with Crippen LogP contribution in [0.15, 0.2) is 18.2 Å². The molecule has 24 heavy (non-hydrogen) atoms. The van der Waals surface area contributed by atoms with E-state index in [4.69, 9.17) is 28.3 Å². The van der Waals surface area contributed by atoms with Crippen molar-refractivity contribution in [2.24, 2.45) is 5.92 Å². The Morgan fingerprint density at radius 2 is 1.83 bits per heavy atom. The zero-order chi connectivity index (χ0) is 18.4. The summed E-state index contributed by atoms with van der Waals surface area (Å²) in [7, 11) is 0. The fraction of sp³-hybridized carbons (Fsp3) is 0.438. The van der Waals surface area contributed by atoms with E-state index in [-0.39, 0.29) is 28.1 Å². The van der Waals surface area contributed by atoms with Crippen molar-refractivity contribution in [3.63, 3.8) is 0 Å². The standard InChI is InChI=1S/C16H20Cl2N2O4/c1-9(2)7-20(8-13(21)22)16(24)10(3)19-15(23)11-5-4-6-12(17)14(11)18/h4-6,9-10H,7-8H2,1-3H3,(H,19,23)(H,21,22). The average molecular weight is 375 g/mol. The molecule has 0 spiro atoms. The molecule has 1 aromatic carbocycles. The number of nitrogens with one attached hydrogen (secondary N) is 1. The molecule has 1 unspecified atom stereocenters. The second-order valence-corrected chi connectivity index (χ2v) is 6.59. The van der Waals surface area contributed by atoms with Crippen LogP contribution in [0.5, 0.6) is 0 Å². The van der Waals surface area contributed by atoms with Gasteiger partial charge in [-0.1, -0.05) is 43.1 Å². The topological polar surface area (TPSA) is 86.7 Å². The first-order valence-corrected chi connectivity index (χ1v) is 8.14. The van der Waals surface area contributed by atoms with Crippen LogP contribution in [0.1, 0.15) is 31.1 Å². The lowest BCUT2D eigenvalue weighted by Crippen LogP contribution is -2.49. The predicted molar refractivity (Wildman–Crippen MR) is 92.4 cm³/mol. The summed E-state index contributed by atoms with van der Waals surface area (Å²) >= 11 is 11.9. The van der Waals surface area contributed by atoms with Crippen LogP contribution in [-0.4, -0.2) is 46.9 Å². The first-order chi connectivity index (χ1) is 11.1. The van der Waals surface area contributed by atoms with Gasteiger partial charge >= 0.3 is 5.97 Å². The minimum atomic E-state index is -1.11. The molecule has 132 valence electrons. The normalized spacial score (nSPS) is 11.9. The maximum absolute atomic E-state index is 12.4.